The lowest BCUT2D eigenvalue weighted by molar-refractivity contribution is 0.158. The van der Waals surface area contributed by atoms with E-state index in [1.54, 1.807) is 6.33 Å². The maximum absolute atomic E-state index is 5.80. The molecule has 3 heterocycles. The lowest BCUT2D eigenvalue weighted by atomic mass is 9.98. The molecular weight excluding hydrogens is 302 g/mol. The third-order valence-corrected chi connectivity index (χ3v) is 4.72. The van der Waals surface area contributed by atoms with Crippen molar-refractivity contribution in [1.82, 2.24) is 24.6 Å². The number of benzene rings is 1. The molecule has 2 aromatic heterocycles. The van der Waals surface area contributed by atoms with Crippen LogP contribution >= 0.6 is 0 Å². The summed E-state index contributed by atoms with van der Waals surface area (Å²) in [6.45, 7) is 4.42. The highest BCUT2D eigenvalue weighted by atomic mass is 16.3. The molecule has 0 bridgehead atoms. The molecule has 4 rings (SSSR count). The highest BCUT2D eigenvalue weighted by molar-refractivity contribution is 5.72. The van der Waals surface area contributed by atoms with Crippen LogP contribution in [0.15, 0.2) is 41.3 Å². The van der Waals surface area contributed by atoms with Gasteiger partial charge in [-0.25, -0.2) is 9.97 Å². The van der Waals surface area contributed by atoms with E-state index in [4.69, 9.17) is 4.42 Å². The summed E-state index contributed by atoms with van der Waals surface area (Å²) in [7, 11) is 0. The van der Waals surface area contributed by atoms with Crippen LogP contribution in [0.5, 0.6) is 0 Å². The molecular formula is C18H23N5O. The Hall–Kier alpha value is -2.21. The van der Waals surface area contributed by atoms with Crippen molar-refractivity contribution >= 4 is 11.1 Å². The molecule has 6 nitrogen and oxygen atoms in total. The second-order valence-corrected chi connectivity index (χ2v) is 6.61. The summed E-state index contributed by atoms with van der Waals surface area (Å²) in [4.78, 5) is 11.1. The van der Waals surface area contributed by atoms with E-state index in [2.05, 4.69) is 20.0 Å². The molecule has 0 radical (unpaired) electrons. The van der Waals surface area contributed by atoms with Gasteiger partial charge in [0.2, 0.25) is 0 Å². The zero-order chi connectivity index (χ0) is 16.2. The lowest BCUT2D eigenvalue weighted by Crippen LogP contribution is -2.37. The van der Waals surface area contributed by atoms with E-state index in [9.17, 15) is 0 Å². The van der Waals surface area contributed by atoms with Crippen LogP contribution in [0.2, 0.25) is 0 Å². The SMILES string of the molecule is c1ccc2oc(CCCN3CCC[C@@H](Cn4cncn4)C3)nc2c1. The van der Waals surface area contributed by atoms with Crippen molar-refractivity contribution in [2.75, 3.05) is 19.6 Å². The third kappa shape index (κ3) is 3.64. The molecule has 126 valence electrons. The molecule has 1 aliphatic heterocycles. The Morgan fingerprint density at radius 1 is 1.25 bits per heavy atom. The van der Waals surface area contributed by atoms with Crippen LogP contribution < -0.4 is 0 Å². The zero-order valence-corrected chi connectivity index (χ0v) is 13.8. The Labute approximate surface area is 141 Å². The Morgan fingerprint density at radius 2 is 2.21 bits per heavy atom. The van der Waals surface area contributed by atoms with Crippen molar-refractivity contribution in [2.45, 2.75) is 32.2 Å². The van der Waals surface area contributed by atoms with Crippen LogP contribution in [-0.4, -0.2) is 44.3 Å². The van der Waals surface area contributed by atoms with Gasteiger partial charge in [-0.1, -0.05) is 12.1 Å². The van der Waals surface area contributed by atoms with Gasteiger partial charge in [-0.3, -0.25) is 4.68 Å². The van der Waals surface area contributed by atoms with Crippen LogP contribution in [0.25, 0.3) is 11.1 Å². The summed E-state index contributed by atoms with van der Waals surface area (Å²) in [5.74, 6) is 1.53. The van der Waals surface area contributed by atoms with E-state index in [1.165, 1.54) is 19.4 Å². The Morgan fingerprint density at radius 3 is 3.08 bits per heavy atom. The fourth-order valence-corrected chi connectivity index (χ4v) is 3.58. The van der Waals surface area contributed by atoms with Gasteiger partial charge in [-0.05, 0) is 50.4 Å². The molecule has 3 aromatic rings. The first kappa shape index (κ1) is 15.3. The molecule has 0 aliphatic carbocycles. The molecule has 0 amide bonds. The van der Waals surface area contributed by atoms with E-state index < -0.39 is 0 Å². The summed E-state index contributed by atoms with van der Waals surface area (Å²) < 4.78 is 7.75. The molecule has 1 aliphatic rings. The van der Waals surface area contributed by atoms with E-state index in [0.717, 1.165) is 49.5 Å². The summed E-state index contributed by atoms with van der Waals surface area (Å²) in [5.41, 5.74) is 1.84. The van der Waals surface area contributed by atoms with E-state index in [0.29, 0.717) is 5.92 Å². The quantitative estimate of drug-likeness (QED) is 0.697. The maximum atomic E-state index is 5.80. The fourth-order valence-electron chi connectivity index (χ4n) is 3.58. The smallest absolute Gasteiger partial charge is 0.195 e. The Bertz CT molecular complexity index is 734. The fraction of sp³-hybridized carbons (Fsp3) is 0.500. The lowest BCUT2D eigenvalue weighted by Gasteiger charge is -2.32. The molecule has 1 saturated heterocycles. The predicted molar refractivity (Wildman–Crippen MR) is 91.5 cm³/mol. The topological polar surface area (TPSA) is 60.0 Å². The minimum Gasteiger partial charge on any atom is -0.441 e. The molecule has 0 N–H and O–H groups in total. The number of aromatic nitrogens is 4. The Kier molecular flexibility index (Phi) is 4.55. The van der Waals surface area contributed by atoms with Gasteiger partial charge >= 0.3 is 0 Å². The van der Waals surface area contributed by atoms with Crippen molar-refractivity contribution in [3.05, 3.63) is 42.8 Å². The molecule has 0 saturated carbocycles. The minimum atomic E-state index is 0.671. The number of fused-ring (bicyclic) bond motifs is 1. The van der Waals surface area contributed by atoms with E-state index >= 15 is 0 Å². The van der Waals surface area contributed by atoms with Gasteiger partial charge in [0, 0.05) is 19.5 Å². The van der Waals surface area contributed by atoms with Gasteiger partial charge in [0.1, 0.15) is 18.2 Å². The molecule has 0 spiro atoms. The third-order valence-electron chi connectivity index (χ3n) is 4.72. The number of piperidine rings is 1. The van der Waals surface area contributed by atoms with Gasteiger partial charge in [-0.2, -0.15) is 5.10 Å². The number of aryl methyl sites for hydroxylation is 1. The maximum Gasteiger partial charge on any atom is 0.195 e. The molecule has 1 fully saturated rings. The van der Waals surface area contributed by atoms with Gasteiger partial charge < -0.3 is 9.32 Å². The number of oxazole rings is 1. The van der Waals surface area contributed by atoms with Crippen LogP contribution in [0.3, 0.4) is 0 Å². The highest BCUT2D eigenvalue weighted by Gasteiger charge is 2.20. The molecule has 24 heavy (non-hydrogen) atoms. The summed E-state index contributed by atoms with van der Waals surface area (Å²) in [5, 5.41) is 4.22. The first-order valence-electron chi connectivity index (χ1n) is 8.76. The monoisotopic (exact) mass is 325 g/mol. The van der Waals surface area contributed by atoms with E-state index in [-0.39, 0.29) is 0 Å². The van der Waals surface area contributed by atoms with Crippen molar-refractivity contribution in [3.63, 3.8) is 0 Å². The summed E-state index contributed by atoms with van der Waals surface area (Å²) >= 11 is 0. The summed E-state index contributed by atoms with van der Waals surface area (Å²) in [6, 6.07) is 7.96. The number of para-hydroxylation sites is 2. The minimum absolute atomic E-state index is 0.671. The average molecular weight is 325 g/mol. The van der Waals surface area contributed by atoms with Crippen LogP contribution in [0.4, 0.5) is 0 Å². The standard InChI is InChI=1S/C18H23N5O/c1-2-7-17-16(6-1)21-18(24-17)8-4-10-22-9-3-5-15(11-22)12-23-14-19-13-20-23/h1-2,6-7,13-15H,3-5,8-12H2/t15-/m1/s1. The molecule has 1 aromatic carbocycles. The average Bonchev–Trinajstić information content (AvgIpc) is 3.24. The second kappa shape index (κ2) is 7.13. The largest absolute Gasteiger partial charge is 0.441 e. The van der Waals surface area contributed by atoms with Crippen LogP contribution in [0.1, 0.15) is 25.2 Å². The second-order valence-electron chi connectivity index (χ2n) is 6.61. The number of rotatable bonds is 6. The molecule has 0 unspecified atom stereocenters. The zero-order valence-electron chi connectivity index (χ0n) is 13.8. The first-order chi connectivity index (χ1) is 11.9. The van der Waals surface area contributed by atoms with Crippen LogP contribution in [-0.2, 0) is 13.0 Å². The van der Waals surface area contributed by atoms with Crippen molar-refractivity contribution in [3.8, 4) is 0 Å². The number of hydrogen-bond acceptors (Lipinski definition) is 5. The van der Waals surface area contributed by atoms with Gasteiger partial charge in [-0.15, -0.1) is 0 Å². The van der Waals surface area contributed by atoms with Crippen molar-refractivity contribution in [2.24, 2.45) is 5.92 Å². The summed E-state index contributed by atoms with van der Waals surface area (Å²) in [6.07, 6.45) is 7.96. The number of likely N-dealkylation sites (tertiary alicyclic amines) is 1. The van der Waals surface area contributed by atoms with Gasteiger partial charge in [0.15, 0.2) is 11.5 Å². The van der Waals surface area contributed by atoms with Gasteiger partial charge in [0.05, 0.1) is 0 Å². The highest BCUT2D eigenvalue weighted by Crippen LogP contribution is 2.19. The normalized spacial score (nSPS) is 19.1. The van der Waals surface area contributed by atoms with Crippen molar-refractivity contribution in [1.29, 1.82) is 0 Å². The van der Waals surface area contributed by atoms with E-state index in [1.807, 2.05) is 35.3 Å². The van der Waals surface area contributed by atoms with Crippen molar-refractivity contribution < 1.29 is 4.42 Å². The number of nitrogens with zero attached hydrogens (tertiary/aromatic N) is 5. The predicted octanol–water partition coefficient (Wildman–Crippen LogP) is 2.76. The number of hydrogen-bond donors (Lipinski definition) is 0. The van der Waals surface area contributed by atoms with Crippen LogP contribution in [0, 0.1) is 5.92 Å². The van der Waals surface area contributed by atoms with Gasteiger partial charge in [0.25, 0.3) is 0 Å². The molecule has 6 heteroatoms. The Balaban J connectivity index is 1.26. The first-order valence-corrected chi connectivity index (χ1v) is 8.76. The molecule has 1 atom stereocenters.